The van der Waals surface area contributed by atoms with Gasteiger partial charge in [0.2, 0.25) is 5.91 Å². The summed E-state index contributed by atoms with van der Waals surface area (Å²) in [5.74, 6) is 0.0875. The number of amides is 1. The lowest BCUT2D eigenvalue weighted by Crippen LogP contribution is -2.31. The van der Waals surface area contributed by atoms with Gasteiger partial charge in [-0.25, -0.2) is 0 Å². The van der Waals surface area contributed by atoms with Crippen LogP contribution in [0.4, 0.5) is 5.69 Å². The topological polar surface area (TPSA) is 75.5 Å². The first kappa shape index (κ1) is 14.5. The van der Waals surface area contributed by atoms with E-state index in [1.165, 1.54) is 12.1 Å². The third-order valence-corrected chi connectivity index (χ3v) is 3.50. The third kappa shape index (κ3) is 3.14. The molecule has 6 nitrogen and oxygen atoms in total. The summed E-state index contributed by atoms with van der Waals surface area (Å²) in [6.45, 7) is 3.17. The zero-order valence-electron chi connectivity index (χ0n) is 11.5. The fourth-order valence-corrected chi connectivity index (χ4v) is 2.40. The van der Waals surface area contributed by atoms with Gasteiger partial charge < -0.3 is 4.90 Å². The van der Waals surface area contributed by atoms with Crippen LogP contribution in [0.3, 0.4) is 0 Å². The van der Waals surface area contributed by atoms with E-state index in [1.54, 1.807) is 12.1 Å². The maximum absolute atomic E-state index is 11.9. The Bertz CT molecular complexity index is 487. The summed E-state index contributed by atoms with van der Waals surface area (Å²) in [7, 11) is 0. The second-order valence-electron chi connectivity index (χ2n) is 4.93. The van der Waals surface area contributed by atoms with Crippen molar-refractivity contribution >= 4 is 11.6 Å². The number of benzene rings is 1. The molecule has 1 saturated heterocycles. The number of hydrogen-bond acceptors (Lipinski definition) is 4. The SMILES string of the molecule is CCCCCN1C(=O)CNC1c1ccc([N+](=O)[O-])cc1. The predicted molar refractivity (Wildman–Crippen MR) is 75.1 cm³/mol. The minimum absolute atomic E-state index is 0.0654. The minimum Gasteiger partial charge on any atom is -0.322 e. The summed E-state index contributed by atoms with van der Waals surface area (Å²) in [6.07, 6.45) is 3.02. The van der Waals surface area contributed by atoms with E-state index in [0.717, 1.165) is 31.4 Å². The van der Waals surface area contributed by atoms with Crippen LogP contribution < -0.4 is 5.32 Å². The summed E-state index contributed by atoms with van der Waals surface area (Å²) >= 11 is 0. The number of nitrogens with zero attached hydrogens (tertiary/aromatic N) is 2. The average Bonchev–Trinajstić information content (AvgIpc) is 2.81. The molecule has 6 heteroatoms. The van der Waals surface area contributed by atoms with Gasteiger partial charge in [0.15, 0.2) is 0 Å². The first-order chi connectivity index (χ1) is 9.63. The number of carbonyl (C=O) groups excluding carboxylic acids is 1. The molecule has 0 spiro atoms. The normalized spacial score (nSPS) is 18.6. The highest BCUT2D eigenvalue weighted by atomic mass is 16.6. The summed E-state index contributed by atoms with van der Waals surface area (Å²) in [5.41, 5.74) is 0.952. The molecular weight excluding hydrogens is 258 g/mol. The first-order valence-corrected chi connectivity index (χ1v) is 6.90. The number of hydrogen-bond donors (Lipinski definition) is 1. The van der Waals surface area contributed by atoms with Crippen molar-refractivity contribution in [2.45, 2.75) is 32.4 Å². The zero-order valence-corrected chi connectivity index (χ0v) is 11.5. The Hall–Kier alpha value is -1.95. The molecule has 0 aliphatic carbocycles. The van der Waals surface area contributed by atoms with Crippen molar-refractivity contribution in [2.24, 2.45) is 0 Å². The Kier molecular flexibility index (Phi) is 4.68. The zero-order chi connectivity index (χ0) is 14.5. The number of non-ortho nitro benzene ring substituents is 1. The van der Waals surface area contributed by atoms with Gasteiger partial charge in [0.1, 0.15) is 6.17 Å². The van der Waals surface area contributed by atoms with E-state index in [2.05, 4.69) is 12.2 Å². The van der Waals surface area contributed by atoms with Gasteiger partial charge >= 0.3 is 0 Å². The van der Waals surface area contributed by atoms with Gasteiger partial charge in [-0.1, -0.05) is 19.8 Å². The molecule has 1 aromatic rings. The van der Waals surface area contributed by atoms with E-state index in [1.807, 2.05) is 4.90 Å². The van der Waals surface area contributed by atoms with Crippen molar-refractivity contribution in [1.29, 1.82) is 0 Å². The number of rotatable bonds is 6. The van der Waals surface area contributed by atoms with Gasteiger partial charge in [-0.05, 0) is 24.1 Å². The number of carbonyl (C=O) groups is 1. The van der Waals surface area contributed by atoms with Crippen molar-refractivity contribution in [3.63, 3.8) is 0 Å². The summed E-state index contributed by atoms with van der Waals surface area (Å²) in [4.78, 5) is 23.9. The van der Waals surface area contributed by atoms with Crippen LogP contribution >= 0.6 is 0 Å². The van der Waals surface area contributed by atoms with Gasteiger partial charge in [-0.3, -0.25) is 20.2 Å². The van der Waals surface area contributed by atoms with Crippen LogP contribution in [0.1, 0.15) is 37.9 Å². The summed E-state index contributed by atoms with van der Waals surface area (Å²) in [5, 5.41) is 13.8. The quantitative estimate of drug-likeness (QED) is 0.491. The minimum atomic E-state index is -0.421. The van der Waals surface area contributed by atoms with E-state index >= 15 is 0 Å². The van der Waals surface area contributed by atoms with Gasteiger partial charge in [-0.15, -0.1) is 0 Å². The van der Waals surface area contributed by atoms with E-state index < -0.39 is 4.92 Å². The molecule has 0 bridgehead atoms. The van der Waals surface area contributed by atoms with E-state index in [0.29, 0.717) is 6.54 Å². The molecule has 1 aliphatic heterocycles. The second kappa shape index (κ2) is 6.47. The predicted octanol–water partition coefficient (Wildman–Crippen LogP) is 2.22. The van der Waals surface area contributed by atoms with Crippen LogP contribution in [0.2, 0.25) is 0 Å². The molecule has 2 rings (SSSR count). The van der Waals surface area contributed by atoms with Crippen molar-refractivity contribution in [1.82, 2.24) is 10.2 Å². The van der Waals surface area contributed by atoms with E-state index in [9.17, 15) is 14.9 Å². The van der Waals surface area contributed by atoms with Crippen LogP contribution in [0.15, 0.2) is 24.3 Å². The molecule has 108 valence electrons. The first-order valence-electron chi connectivity index (χ1n) is 6.90. The molecule has 0 aromatic heterocycles. The molecule has 1 aliphatic rings. The molecule has 0 saturated carbocycles. The number of nitro groups is 1. The van der Waals surface area contributed by atoms with Crippen LogP contribution in [0.5, 0.6) is 0 Å². The molecular formula is C14H19N3O3. The number of nitro benzene ring substituents is 1. The highest BCUT2D eigenvalue weighted by Crippen LogP contribution is 2.24. The molecule has 20 heavy (non-hydrogen) atoms. The molecule has 1 N–H and O–H groups in total. The van der Waals surface area contributed by atoms with E-state index in [-0.39, 0.29) is 17.8 Å². The van der Waals surface area contributed by atoms with Crippen molar-refractivity contribution < 1.29 is 9.72 Å². The lowest BCUT2D eigenvalue weighted by atomic mass is 10.1. The molecule has 1 amide bonds. The standard InChI is InChI=1S/C14H19N3O3/c1-2-3-4-9-16-13(18)10-15-14(16)11-5-7-12(8-6-11)17(19)20/h5-8,14-15H,2-4,9-10H2,1H3. The van der Waals surface area contributed by atoms with Crippen LogP contribution in [0.25, 0.3) is 0 Å². The smallest absolute Gasteiger partial charge is 0.269 e. The number of unbranched alkanes of at least 4 members (excludes halogenated alkanes) is 2. The Morgan fingerprint density at radius 2 is 2.05 bits per heavy atom. The fraction of sp³-hybridized carbons (Fsp3) is 0.500. The molecule has 1 fully saturated rings. The lowest BCUT2D eigenvalue weighted by molar-refractivity contribution is -0.384. The Labute approximate surface area is 117 Å². The third-order valence-electron chi connectivity index (χ3n) is 3.50. The van der Waals surface area contributed by atoms with Crippen LogP contribution in [0, 0.1) is 10.1 Å². The lowest BCUT2D eigenvalue weighted by Gasteiger charge is -2.24. The Morgan fingerprint density at radius 1 is 1.35 bits per heavy atom. The van der Waals surface area contributed by atoms with Crippen LogP contribution in [-0.2, 0) is 4.79 Å². The Morgan fingerprint density at radius 3 is 2.65 bits per heavy atom. The molecule has 1 heterocycles. The highest BCUT2D eigenvalue weighted by molar-refractivity contribution is 5.80. The Balaban J connectivity index is 2.09. The van der Waals surface area contributed by atoms with Crippen molar-refractivity contribution in [3.05, 3.63) is 39.9 Å². The maximum Gasteiger partial charge on any atom is 0.269 e. The highest BCUT2D eigenvalue weighted by Gasteiger charge is 2.31. The summed E-state index contributed by atoms with van der Waals surface area (Å²) in [6, 6.07) is 6.37. The van der Waals surface area contributed by atoms with E-state index in [4.69, 9.17) is 0 Å². The van der Waals surface area contributed by atoms with Gasteiger partial charge in [-0.2, -0.15) is 0 Å². The van der Waals surface area contributed by atoms with Crippen molar-refractivity contribution in [3.8, 4) is 0 Å². The molecule has 1 aromatic carbocycles. The number of nitrogens with one attached hydrogen (secondary N) is 1. The molecule has 0 radical (unpaired) electrons. The monoisotopic (exact) mass is 277 g/mol. The second-order valence-corrected chi connectivity index (χ2v) is 4.93. The largest absolute Gasteiger partial charge is 0.322 e. The maximum atomic E-state index is 11.9. The fourth-order valence-electron chi connectivity index (χ4n) is 2.40. The van der Waals surface area contributed by atoms with Gasteiger partial charge in [0.25, 0.3) is 5.69 Å². The van der Waals surface area contributed by atoms with Gasteiger partial charge in [0.05, 0.1) is 11.5 Å². The molecule has 1 atom stereocenters. The molecule has 1 unspecified atom stereocenters. The van der Waals surface area contributed by atoms with Gasteiger partial charge in [0, 0.05) is 18.7 Å². The summed E-state index contributed by atoms with van der Waals surface area (Å²) < 4.78 is 0. The van der Waals surface area contributed by atoms with Crippen molar-refractivity contribution in [2.75, 3.05) is 13.1 Å². The van der Waals surface area contributed by atoms with Crippen LogP contribution in [-0.4, -0.2) is 28.8 Å². The average molecular weight is 277 g/mol.